The van der Waals surface area contributed by atoms with Gasteiger partial charge in [0.2, 0.25) is 0 Å². The average molecular weight is 332 g/mol. The molecule has 0 saturated carbocycles. The molecule has 0 amide bonds. The molecule has 0 radical (unpaired) electrons. The molecule has 2 aromatic rings. The fourth-order valence-corrected chi connectivity index (χ4v) is 2.12. The van der Waals surface area contributed by atoms with Gasteiger partial charge in [-0.1, -0.05) is 24.3 Å². The number of hydrogen-bond donors (Lipinski definition) is 1. The summed E-state index contributed by atoms with van der Waals surface area (Å²) in [5.41, 5.74) is 2.06. The number of methoxy groups -OCH3 is 2. The molecule has 5 heteroatoms. The highest BCUT2D eigenvalue weighted by atomic mass is 16.5. The molecule has 0 aliphatic heterocycles. The zero-order valence-corrected chi connectivity index (χ0v) is 14.1. The summed E-state index contributed by atoms with van der Waals surface area (Å²) in [6.45, 7) is 1.13. The van der Waals surface area contributed by atoms with Crippen LogP contribution in [0.2, 0.25) is 0 Å². The van der Waals surface area contributed by atoms with Crippen LogP contribution in [0.4, 0.5) is 0 Å². The van der Waals surface area contributed by atoms with Gasteiger partial charge in [-0.05, 0) is 35.4 Å². The molecular weight excluding hydrogens is 308 g/mol. The molecule has 2 rings (SSSR count). The Morgan fingerprint density at radius 2 is 1.29 bits per heavy atom. The second-order valence-electron chi connectivity index (χ2n) is 5.33. The highest BCUT2D eigenvalue weighted by Gasteiger charge is 2.09. The summed E-state index contributed by atoms with van der Waals surface area (Å²) < 4.78 is 21.5. The monoisotopic (exact) mass is 332 g/mol. The van der Waals surface area contributed by atoms with Crippen molar-refractivity contribution in [2.75, 3.05) is 27.4 Å². The van der Waals surface area contributed by atoms with Crippen molar-refractivity contribution in [3.05, 3.63) is 59.7 Å². The topological polar surface area (TPSA) is 57.2 Å². The Morgan fingerprint density at radius 3 is 1.75 bits per heavy atom. The number of rotatable bonds is 10. The maximum absolute atomic E-state index is 9.41. The minimum absolute atomic E-state index is 0.0846. The Bertz CT molecular complexity index is 580. The lowest BCUT2D eigenvalue weighted by Gasteiger charge is -2.16. The van der Waals surface area contributed by atoms with Crippen molar-refractivity contribution < 1.29 is 24.1 Å². The van der Waals surface area contributed by atoms with E-state index in [-0.39, 0.29) is 12.7 Å². The second kappa shape index (κ2) is 9.93. The largest absolute Gasteiger partial charge is 0.497 e. The number of aliphatic hydroxyl groups is 1. The maximum Gasteiger partial charge on any atom is 0.118 e. The van der Waals surface area contributed by atoms with Gasteiger partial charge in [-0.15, -0.1) is 0 Å². The molecule has 0 bridgehead atoms. The normalized spacial score (nSPS) is 12.0. The molecule has 5 nitrogen and oxygen atoms in total. The van der Waals surface area contributed by atoms with E-state index in [2.05, 4.69) is 0 Å². The van der Waals surface area contributed by atoms with Gasteiger partial charge in [0.05, 0.1) is 40.6 Å². The zero-order chi connectivity index (χ0) is 17.2. The van der Waals surface area contributed by atoms with Crippen LogP contribution in [0.25, 0.3) is 0 Å². The summed E-state index contributed by atoms with van der Waals surface area (Å²) in [7, 11) is 3.27. The average Bonchev–Trinajstić information content (AvgIpc) is 2.65. The van der Waals surface area contributed by atoms with Crippen LogP contribution >= 0.6 is 0 Å². The first-order valence-electron chi connectivity index (χ1n) is 7.81. The molecule has 0 spiro atoms. The fourth-order valence-electron chi connectivity index (χ4n) is 2.12. The molecule has 0 aliphatic rings. The summed E-state index contributed by atoms with van der Waals surface area (Å²) in [5, 5.41) is 9.41. The van der Waals surface area contributed by atoms with E-state index in [1.54, 1.807) is 14.2 Å². The molecular formula is C19H24O5. The van der Waals surface area contributed by atoms with Crippen LogP contribution < -0.4 is 9.47 Å². The van der Waals surface area contributed by atoms with Crippen molar-refractivity contribution in [1.29, 1.82) is 0 Å². The van der Waals surface area contributed by atoms with E-state index in [4.69, 9.17) is 18.9 Å². The molecule has 0 aliphatic carbocycles. The summed E-state index contributed by atoms with van der Waals surface area (Å²) in [5.74, 6) is 1.62. The van der Waals surface area contributed by atoms with Gasteiger partial charge in [-0.2, -0.15) is 0 Å². The summed E-state index contributed by atoms with van der Waals surface area (Å²) >= 11 is 0. The Kier molecular flexibility index (Phi) is 7.55. The molecule has 1 N–H and O–H groups in total. The van der Waals surface area contributed by atoms with Crippen LogP contribution in [0.5, 0.6) is 11.5 Å². The minimum Gasteiger partial charge on any atom is -0.497 e. The van der Waals surface area contributed by atoms with Gasteiger partial charge >= 0.3 is 0 Å². The van der Waals surface area contributed by atoms with Crippen LogP contribution in [0, 0.1) is 0 Å². The van der Waals surface area contributed by atoms with Crippen LogP contribution in [0.15, 0.2) is 48.5 Å². The highest BCUT2D eigenvalue weighted by molar-refractivity contribution is 5.27. The summed E-state index contributed by atoms with van der Waals surface area (Å²) in [6, 6.07) is 15.3. The molecule has 130 valence electrons. The number of aliphatic hydroxyl groups excluding tert-OH is 1. The Hall–Kier alpha value is -2.08. The molecule has 2 aromatic carbocycles. The lowest BCUT2D eigenvalue weighted by atomic mass is 10.2. The predicted molar refractivity (Wildman–Crippen MR) is 91.3 cm³/mol. The Balaban J connectivity index is 1.72. The van der Waals surface area contributed by atoms with E-state index in [0.717, 1.165) is 22.6 Å². The SMILES string of the molecule is COc1ccc(COC[C@@H](CO)OCc2ccc(OC)cc2)cc1. The van der Waals surface area contributed by atoms with Crippen LogP contribution in [0.3, 0.4) is 0 Å². The van der Waals surface area contributed by atoms with E-state index in [1.807, 2.05) is 48.5 Å². The number of hydrogen-bond acceptors (Lipinski definition) is 5. The molecule has 24 heavy (non-hydrogen) atoms. The summed E-state index contributed by atoms with van der Waals surface area (Å²) in [6.07, 6.45) is -0.356. The fraction of sp³-hybridized carbons (Fsp3) is 0.368. The molecule has 0 fully saturated rings. The van der Waals surface area contributed by atoms with Crippen molar-refractivity contribution >= 4 is 0 Å². The van der Waals surface area contributed by atoms with Crippen LogP contribution in [0.1, 0.15) is 11.1 Å². The van der Waals surface area contributed by atoms with Gasteiger partial charge in [0.15, 0.2) is 0 Å². The van der Waals surface area contributed by atoms with Crippen molar-refractivity contribution in [3.63, 3.8) is 0 Å². The van der Waals surface area contributed by atoms with Gasteiger partial charge in [0.1, 0.15) is 17.6 Å². The van der Waals surface area contributed by atoms with Gasteiger partial charge in [0.25, 0.3) is 0 Å². The zero-order valence-electron chi connectivity index (χ0n) is 14.1. The Morgan fingerprint density at radius 1 is 0.792 bits per heavy atom. The number of ether oxygens (including phenoxy) is 4. The quantitative estimate of drug-likeness (QED) is 0.725. The standard InChI is InChI=1S/C19H24O5/c1-21-17-7-3-15(4-8-17)12-23-14-19(11-20)24-13-16-5-9-18(22-2)10-6-16/h3-10,19-20H,11-14H2,1-2H3/t19-/m1/s1. The van der Waals surface area contributed by atoms with Gasteiger partial charge in [-0.25, -0.2) is 0 Å². The third-order valence-corrected chi connectivity index (χ3v) is 3.58. The van der Waals surface area contributed by atoms with E-state index in [9.17, 15) is 5.11 Å². The molecule has 0 heterocycles. The van der Waals surface area contributed by atoms with Gasteiger partial charge < -0.3 is 24.1 Å². The lowest BCUT2D eigenvalue weighted by Crippen LogP contribution is -2.23. The van der Waals surface area contributed by atoms with Crippen LogP contribution in [-0.2, 0) is 22.7 Å². The van der Waals surface area contributed by atoms with E-state index in [1.165, 1.54) is 0 Å². The van der Waals surface area contributed by atoms with Crippen LogP contribution in [-0.4, -0.2) is 38.6 Å². The van der Waals surface area contributed by atoms with E-state index >= 15 is 0 Å². The molecule has 0 aromatic heterocycles. The minimum atomic E-state index is -0.356. The van der Waals surface area contributed by atoms with Gasteiger partial charge in [-0.3, -0.25) is 0 Å². The van der Waals surface area contributed by atoms with Crippen molar-refractivity contribution in [1.82, 2.24) is 0 Å². The number of benzene rings is 2. The summed E-state index contributed by atoms with van der Waals surface area (Å²) in [4.78, 5) is 0. The van der Waals surface area contributed by atoms with Crippen molar-refractivity contribution in [2.24, 2.45) is 0 Å². The second-order valence-corrected chi connectivity index (χ2v) is 5.33. The maximum atomic E-state index is 9.41. The van der Waals surface area contributed by atoms with Gasteiger partial charge in [0, 0.05) is 0 Å². The first-order chi connectivity index (χ1) is 11.7. The van der Waals surface area contributed by atoms with E-state index in [0.29, 0.717) is 19.8 Å². The smallest absolute Gasteiger partial charge is 0.118 e. The predicted octanol–water partition coefficient (Wildman–Crippen LogP) is 2.80. The lowest BCUT2D eigenvalue weighted by molar-refractivity contribution is -0.0536. The van der Waals surface area contributed by atoms with Crippen molar-refractivity contribution in [3.8, 4) is 11.5 Å². The molecule has 1 atom stereocenters. The van der Waals surface area contributed by atoms with Crippen molar-refractivity contribution in [2.45, 2.75) is 19.3 Å². The molecule has 0 unspecified atom stereocenters. The van der Waals surface area contributed by atoms with E-state index < -0.39 is 0 Å². The Labute approximate surface area is 142 Å². The first-order valence-corrected chi connectivity index (χ1v) is 7.81. The third kappa shape index (κ3) is 5.85. The third-order valence-electron chi connectivity index (χ3n) is 3.58. The first kappa shape index (κ1) is 18.3. The highest BCUT2D eigenvalue weighted by Crippen LogP contribution is 2.14. The molecule has 0 saturated heterocycles.